The first-order valence-electron chi connectivity index (χ1n) is 8.68. The summed E-state index contributed by atoms with van der Waals surface area (Å²) in [5.41, 5.74) is 2.27. The Morgan fingerprint density at radius 3 is 2.65 bits per heavy atom. The standard InChI is InChI=1S/C20H21NO4S/c1-23-16-5-2-14(3-6-16)8-9-21-19(22)13-26-20(21)15-4-7-17-18(12-15)25-11-10-24-17/h2-7,12,20H,8-11,13H2,1H3. The van der Waals surface area contributed by atoms with Gasteiger partial charge in [0.1, 0.15) is 24.3 Å². The van der Waals surface area contributed by atoms with E-state index in [9.17, 15) is 4.79 Å². The lowest BCUT2D eigenvalue weighted by Crippen LogP contribution is -2.30. The van der Waals surface area contributed by atoms with Gasteiger partial charge in [0.15, 0.2) is 11.5 Å². The first-order chi connectivity index (χ1) is 12.7. The second-order valence-electron chi connectivity index (χ2n) is 6.25. The number of hydrogen-bond acceptors (Lipinski definition) is 5. The van der Waals surface area contributed by atoms with Gasteiger partial charge < -0.3 is 19.1 Å². The van der Waals surface area contributed by atoms with Crippen LogP contribution in [-0.4, -0.2) is 43.4 Å². The molecule has 2 aliphatic rings. The molecule has 26 heavy (non-hydrogen) atoms. The quantitative estimate of drug-likeness (QED) is 0.807. The molecule has 0 radical (unpaired) electrons. The monoisotopic (exact) mass is 371 g/mol. The number of thioether (sulfide) groups is 1. The molecule has 0 bridgehead atoms. The van der Waals surface area contributed by atoms with Gasteiger partial charge in [-0.2, -0.15) is 0 Å². The van der Waals surface area contributed by atoms with Crippen LogP contribution in [0.15, 0.2) is 42.5 Å². The molecule has 2 aliphatic heterocycles. The first kappa shape index (κ1) is 17.1. The van der Waals surface area contributed by atoms with Crippen LogP contribution in [0.3, 0.4) is 0 Å². The normalized spacial score (nSPS) is 18.9. The summed E-state index contributed by atoms with van der Waals surface area (Å²) < 4.78 is 16.5. The molecule has 136 valence electrons. The number of fused-ring (bicyclic) bond motifs is 1. The molecule has 2 aromatic carbocycles. The number of nitrogens with zero attached hydrogens (tertiary/aromatic N) is 1. The van der Waals surface area contributed by atoms with Crippen molar-refractivity contribution in [2.45, 2.75) is 11.8 Å². The highest BCUT2D eigenvalue weighted by Gasteiger charge is 2.33. The van der Waals surface area contributed by atoms with E-state index in [1.165, 1.54) is 5.56 Å². The van der Waals surface area contributed by atoms with Crippen LogP contribution in [0.4, 0.5) is 0 Å². The van der Waals surface area contributed by atoms with Gasteiger partial charge in [0, 0.05) is 6.54 Å². The molecule has 1 atom stereocenters. The Morgan fingerprint density at radius 1 is 1.12 bits per heavy atom. The molecule has 1 amide bonds. The predicted molar refractivity (Wildman–Crippen MR) is 101 cm³/mol. The van der Waals surface area contributed by atoms with Gasteiger partial charge in [-0.1, -0.05) is 18.2 Å². The summed E-state index contributed by atoms with van der Waals surface area (Å²) in [6, 6.07) is 14.0. The molecule has 2 aromatic rings. The van der Waals surface area contributed by atoms with E-state index in [2.05, 4.69) is 0 Å². The SMILES string of the molecule is COc1ccc(CCN2C(=O)CSC2c2ccc3c(c2)OCCO3)cc1. The van der Waals surface area contributed by atoms with E-state index in [-0.39, 0.29) is 11.3 Å². The molecule has 6 heteroatoms. The zero-order valence-corrected chi connectivity index (χ0v) is 15.5. The lowest BCUT2D eigenvalue weighted by atomic mass is 10.1. The van der Waals surface area contributed by atoms with Crippen LogP contribution in [0.25, 0.3) is 0 Å². The van der Waals surface area contributed by atoms with Crippen LogP contribution in [0.2, 0.25) is 0 Å². The number of hydrogen-bond donors (Lipinski definition) is 0. The maximum absolute atomic E-state index is 12.4. The van der Waals surface area contributed by atoms with Gasteiger partial charge in [-0.15, -0.1) is 11.8 Å². The minimum absolute atomic E-state index is 0.0246. The van der Waals surface area contributed by atoms with Crippen LogP contribution < -0.4 is 14.2 Å². The van der Waals surface area contributed by atoms with E-state index < -0.39 is 0 Å². The number of rotatable bonds is 5. The fourth-order valence-corrected chi connectivity index (χ4v) is 4.44. The van der Waals surface area contributed by atoms with Gasteiger partial charge in [0.25, 0.3) is 0 Å². The fraction of sp³-hybridized carbons (Fsp3) is 0.350. The van der Waals surface area contributed by atoms with Gasteiger partial charge in [-0.3, -0.25) is 4.79 Å². The molecule has 4 rings (SSSR count). The Balaban J connectivity index is 1.48. The first-order valence-corrected chi connectivity index (χ1v) is 9.73. The Labute approximate surface area is 157 Å². The second-order valence-corrected chi connectivity index (χ2v) is 7.32. The highest BCUT2D eigenvalue weighted by Crippen LogP contribution is 2.42. The molecule has 1 unspecified atom stereocenters. The van der Waals surface area contributed by atoms with E-state index in [4.69, 9.17) is 14.2 Å². The maximum Gasteiger partial charge on any atom is 0.233 e. The number of methoxy groups -OCH3 is 1. The molecule has 2 heterocycles. The second kappa shape index (κ2) is 7.50. The van der Waals surface area contributed by atoms with Crippen LogP contribution in [0, 0.1) is 0 Å². The molecule has 1 fully saturated rings. The molecule has 1 saturated heterocycles. The lowest BCUT2D eigenvalue weighted by Gasteiger charge is -2.26. The largest absolute Gasteiger partial charge is 0.497 e. The Bertz CT molecular complexity index is 793. The molecule has 0 aromatic heterocycles. The van der Waals surface area contributed by atoms with Gasteiger partial charge in [0.2, 0.25) is 5.91 Å². The Morgan fingerprint density at radius 2 is 1.88 bits per heavy atom. The summed E-state index contributed by atoms with van der Waals surface area (Å²) in [5.74, 6) is 3.09. The maximum atomic E-state index is 12.4. The number of benzene rings is 2. The number of ether oxygens (including phenoxy) is 3. The highest BCUT2D eigenvalue weighted by atomic mass is 32.2. The Hall–Kier alpha value is -2.34. The third kappa shape index (κ3) is 3.46. The Kier molecular flexibility index (Phi) is 4.93. The van der Waals surface area contributed by atoms with Gasteiger partial charge in [0.05, 0.1) is 12.9 Å². The average Bonchev–Trinajstić information content (AvgIpc) is 3.07. The van der Waals surface area contributed by atoms with E-state index in [1.54, 1.807) is 18.9 Å². The molecular formula is C20H21NO4S. The van der Waals surface area contributed by atoms with E-state index in [1.807, 2.05) is 47.4 Å². The molecular weight excluding hydrogens is 350 g/mol. The van der Waals surface area contributed by atoms with Crippen molar-refractivity contribution in [2.75, 3.05) is 32.6 Å². The number of carbonyl (C=O) groups excluding carboxylic acids is 1. The summed E-state index contributed by atoms with van der Waals surface area (Å²) >= 11 is 1.66. The van der Waals surface area contributed by atoms with E-state index >= 15 is 0 Å². The van der Waals surface area contributed by atoms with Gasteiger partial charge in [-0.25, -0.2) is 0 Å². The van der Waals surface area contributed by atoms with Crippen molar-refractivity contribution in [3.63, 3.8) is 0 Å². The summed E-state index contributed by atoms with van der Waals surface area (Å²) in [4.78, 5) is 14.4. The lowest BCUT2D eigenvalue weighted by molar-refractivity contribution is -0.128. The van der Waals surface area contributed by atoms with E-state index in [0.29, 0.717) is 25.5 Å². The van der Waals surface area contributed by atoms with Crippen molar-refractivity contribution in [1.29, 1.82) is 0 Å². The zero-order chi connectivity index (χ0) is 17.9. The van der Waals surface area contributed by atoms with Crippen molar-refractivity contribution in [2.24, 2.45) is 0 Å². The smallest absolute Gasteiger partial charge is 0.233 e. The van der Waals surface area contributed by atoms with Crippen LogP contribution in [0.5, 0.6) is 17.2 Å². The molecule has 0 aliphatic carbocycles. The van der Waals surface area contributed by atoms with Gasteiger partial charge in [-0.05, 0) is 41.8 Å². The van der Waals surface area contributed by atoms with Crippen LogP contribution in [0.1, 0.15) is 16.5 Å². The van der Waals surface area contributed by atoms with Crippen molar-refractivity contribution in [3.8, 4) is 17.2 Å². The van der Waals surface area contributed by atoms with Crippen molar-refractivity contribution in [1.82, 2.24) is 4.90 Å². The summed E-state index contributed by atoms with van der Waals surface area (Å²) in [6.45, 7) is 1.84. The van der Waals surface area contributed by atoms with Crippen molar-refractivity contribution in [3.05, 3.63) is 53.6 Å². The minimum atomic E-state index is 0.0246. The van der Waals surface area contributed by atoms with Crippen molar-refractivity contribution >= 4 is 17.7 Å². The molecule has 0 spiro atoms. The molecule has 0 N–H and O–H groups in total. The fourth-order valence-electron chi connectivity index (χ4n) is 3.23. The third-order valence-corrected chi connectivity index (χ3v) is 5.88. The number of amides is 1. The van der Waals surface area contributed by atoms with Crippen LogP contribution in [-0.2, 0) is 11.2 Å². The highest BCUT2D eigenvalue weighted by molar-refractivity contribution is 8.00. The van der Waals surface area contributed by atoms with Gasteiger partial charge >= 0.3 is 0 Å². The summed E-state index contributed by atoms with van der Waals surface area (Å²) in [5, 5.41) is 0.0246. The molecule has 5 nitrogen and oxygen atoms in total. The zero-order valence-electron chi connectivity index (χ0n) is 14.6. The van der Waals surface area contributed by atoms with Crippen molar-refractivity contribution < 1.29 is 19.0 Å². The summed E-state index contributed by atoms with van der Waals surface area (Å²) in [7, 11) is 1.66. The molecule has 0 saturated carbocycles. The number of carbonyl (C=O) groups is 1. The minimum Gasteiger partial charge on any atom is -0.497 e. The average molecular weight is 371 g/mol. The van der Waals surface area contributed by atoms with E-state index in [0.717, 1.165) is 29.2 Å². The third-order valence-electron chi connectivity index (χ3n) is 4.62. The van der Waals surface area contributed by atoms with Crippen LogP contribution >= 0.6 is 11.8 Å². The summed E-state index contributed by atoms with van der Waals surface area (Å²) in [6.07, 6.45) is 0.817. The predicted octanol–water partition coefficient (Wildman–Crippen LogP) is 3.28. The topological polar surface area (TPSA) is 48.0 Å².